The van der Waals surface area contributed by atoms with E-state index in [-0.39, 0.29) is 0 Å². The molecule has 0 amide bonds. The molecule has 4 nitrogen and oxygen atoms in total. The van der Waals surface area contributed by atoms with Gasteiger partial charge in [-0.05, 0) is 47.5 Å². The number of hydrogen-bond acceptors (Lipinski definition) is 4. The van der Waals surface area contributed by atoms with Crippen LogP contribution in [0.4, 0.5) is 0 Å². The molecule has 0 radical (unpaired) electrons. The number of allylic oxidation sites excluding steroid dienone is 1. The molecule has 0 aromatic rings. The van der Waals surface area contributed by atoms with Gasteiger partial charge in [0.25, 0.3) is 0 Å². The van der Waals surface area contributed by atoms with Gasteiger partial charge in [-0.3, -0.25) is 0 Å². The van der Waals surface area contributed by atoms with E-state index in [1.54, 1.807) is 0 Å². The molecule has 0 aliphatic carbocycles. The minimum absolute atomic E-state index is 0.622. The van der Waals surface area contributed by atoms with Gasteiger partial charge in [0.1, 0.15) is 0 Å². The van der Waals surface area contributed by atoms with Crippen molar-refractivity contribution in [2.45, 2.75) is 27.7 Å². The van der Waals surface area contributed by atoms with Crippen molar-refractivity contribution in [2.24, 2.45) is 0 Å². The summed E-state index contributed by atoms with van der Waals surface area (Å²) in [6.45, 7) is 9.65. The number of nitrogens with one attached hydrogen (secondary N) is 1. The zero-order valence-electron chi connectivity index (χ0n) is 11.5. The zero-order chi connectivity index (χ0) is 12.9. The molecule has 0 fully saturated rings. The van der Waals surface area contributed by atoms with Crippen LogP contribution in [0.1, 0.15) is 27.7 Å². The lowest BCUT2D eigenvalue weighted by molar-refractivity contribution is 0.0842. The maximum Gasteiger partial charge on any atom is 0.529 e. The molecule has 0 aliphatic rings. The third-order valence-electron chi connectivity index (χ3n) is 1.41. The molecule has 1 N–H and O–H groups in total. The van der Waals surface area contributed by atoms with Crippen LogP contribution >= 0.6 is 0 Å². The van der Waals surface area contributed by atoms with Gasteiger partial charge in [-0.2, -0.15) is 0 Å². The fourth-order valence-electron chi connectivity index (χ4n) is 1.08. The zero-order valence-corrected chi connectivity index (χ0v) is 12.5. The van der Waals surface area contributed by atoms with Crippen molar-refractivity contribution in [3.05, 3.63) is 11.8 Å². The van der Waals surface area contributed by atoms with E-state index in [1.165, 1.54) is 0 Å². The fraction of sp³-hybridized carbons (Fsp3) is 0.818. The minimum Gasteiger partial charge on any atom is -0.371 e. The molecule has 0 unspecified atom stereocenters. The van der Waals surface area contributed by atoms with Crippen molar-refractivity contribution in [3.63, 3.8) is 0 Å². The Morgan fingerprint density at radius 3 is 1.44 bits per heavy atom. The van der Waals surface area contributed by atoms with Crippen LogP contribution in [-0.4, -0.2) is 42.7 Å². The maximum atomic E-state index is 5.56. The topological polar surface area (TPSA) is 39.7 Å². The molecule has 0 aromatic carbocycles. The van der Waals surface area contributed by atoms with E-state index in [9.17, 15) is 0 Å². The molecule has 0 saturated carbocycles. The van der Waals surface area contributed by atoms with E-state index in [0.29, 0.717) is 19.8 Å². The van der Waals surface area contributed by atoms with Crippen molar-refractivity contribution in [2.75, 3.05) is 33.9 Å². The third kappa shape index (κ3) is 9.05. The lowest BCUT2D eigenvalue weighted by Crippen LogP contribution is -2.44. The van der Waals surface area contributed by atoms with Gasteiger partial charge in [-0.15, -0.1) is 0 Å². The molecular formula is C11H27NO3Si. The molecule has 0 bridgehead atoms. The quantitative estimate of drug-likeness (QED) is 0.700. The Morgan fingerprint density at radius 1 is 0.938 bits per heavy atom. The summed E-state index contributed by atoms with van der Waals surface area (Å²) in [5.41, 5.74) is 1.92. The van der Waals surface area contributed by atoms with Crippen LogP contribution in [0.2, 0.25) is 0 Å². The molecule has 5 heteroatoms. The van der Waals surface area contributed by atoms with Crippen LogP contribution in [0.3, 0.4) is 0 Å². The van der Waals surface area contributed by atoms with E-state index < -0.39 is 8.80 Å². The minimum atomic E-state index is -2.48. The van der Waals surface area contributed by atoms with Crippen LogP contribution in [-0.2, 0) is 13.3 Å². The SMILES string of the molecule is CC=C[Si](OCC)(OCC)OCC.CNC. The number of rotatable bonds is 7. The first-order valence-corrected chi connectivity index (χ1v) is 7.60. The van der Waals surface area contributed by atoms with E-state index >= 15 is 0 Å². The Bertz CT molecular complexity index is 148. The van der Waals surface area contributed by atoms with Crippen LogP contribution in [0.5, 0.6) is 0 Å². The van der Waals surface area contributed by atoms with Crippen molar-refractivity contribution in [3.8, 4) is 0 Å². The summed E-state index contributed by atoms with van der Waals surface area (Å²) in [5, 5.41) is 2.75. The molecule has 98 valence electrons. The molecule has 0 aromatic heterocycles. The second-order valence-electron chi connectivity index (χ2n) is 2.90. The molecular weight excluding hydrogens is 222 g/mol. The normalized spacial score (nSPS) is 11.4. The highest BCUT2D eigenvalue weighted by atomic mass is 28.4. The van der Waals surface area contributed by atoms with Crippen molar-refractivity contribution in [1.82, 2.24) is 5.32 Å². The Hall–Kier alpha value is -0.203. The van der Waals surface area contributed by atoms with Crippen LogP contribution in [0, 0.1) is 0 Å². The number of hydrogen-bond donors (Lipinski definition) is 1. The second-order valence-corrected chi connectivity index (χ2v) is 5.31. The van der Waals surface area contributed by atoms with Gasteiger partial charge in [0.15, 0.2) is 0 Å². The molecule has 0 heterocycles. The van der Waals surface area contributed by atoms with Crippen molar-refractivity contribution in [1.29, 1.82) is 0 Å². The van der Waals surface area contributed by atoms with Gasteiger partial charge in [-0.25, -0.2) is 0 Å². The molecule has 0 atom stereocenters. The summed E-state index contributed by atoms with van der Waals surface area (Å²) >= 11 is 0. The second kappa shape index (κ2) is 12.9. The Balaban J connectivity index is 0. The maximum absolute atomic E-state index is 5.56. The third-order valence-corrected chi connectivity index (χ3v) is 4.22. The summed E-state index contributed by atoms with van der Waals surface area (Å²) in [6, 6.07) is 0. The molecule has 0 spiro atoms. The van der Waals surface area contributed by atoms with Gasteiger partial charge >= 0.3 is 8.80 Å². The van der Waals surface area contributed by atoms with Crippen molar-refractivity contribution < 1.29 is 13.3 Å². The van der Waals surface area contributed by atoms with Gasteiger partial charge in [0.05, 0.1) is 0 Å². The standard InChI is InChI=1S/C9H20O3Si.C2H7N/c1-5-9-13(10-6-2,11-7-3)12-8-4;1-3-2/h5,9H,6-8H2,1-4H3;3H,1-2H3. The molecule has 16 heavy (non-hydrogen) atoms. The fourth-order valence-corrected chi connectivity index (χ4v) is 3.23. The average Bonchev–Trinajstić information content (AvgIpc) is 2.20. The molecule has 0 aliphatic heterocycles. The Labute approximate surface area is 101 Å². The van der Waals surface area contributed by atoms with Crippen molar-refractivity contribution >= 4 is 8.80 Å². The highest BCUT2D eigenvalue weighted by Gasteiger charge is 2.36. The lowest BCUT2D eigenvalue weighted by Gasteiger charge is -2.24. The summed E-state index contributed by atoms with van der Waals surface area (Å²) in [5.74, 6) is 0. The average molecular weight is 249 g/mol. The van der Waals surface area contributed by atoms with Crippen LogP contribution < -0.4 is 5.32 Å². The molecule has 0 saturated heterocycles. The highest BCUT2D eigenvalue weighted by Crippen LogP contribution is 2.11. The van der Waals surface area contributed by atoms with Gasteiger partial charge in [0.2, 0.25) is 0 Å². The summed E-state index contributed by atoms with van der Waals surface area (Å²) in [4.78, 5) is 0. The first kappa shape index (κ1) is 18.2. The van der Waals surface area contributed by atoms with E-state index in [1.807, 2.05) is 53.6 Å². The summed E-state index contributed by atoms with van der Waals surface area (Å²) in [7, 11) is 1.27. The summed E-state index contributed by atoms with van der Waals surface area (Å²) < 4.78 is 16.7. The predicted molar refractivity (Wildman–Crippen MR) is 70.4 cm³/mol. The predicted octanol–water partition coefficient (Wildman–Crippen LogP) is 1.99. The van der Waals surface area contributed by atoms with Crippen LogP contribution in [0.15, 0.2) is 11.8 Å². The summed E-state index contributed by atoms with van der Waals surface area (Å²) in [6.07, 6.45) is 1.92. The Kier molecular flexibility index (Phi) is 14.6. The van der Waals surface area contributed by atoms with Gasteiger partial charge in [-0.1, -0.05) is 6.08 Å². The first-order valence-electron chi connectivity index (χ1n) is 5.80. The van der Waals surface area contributed by atoms with Gasteiger partial charge < -0.3 is 18.6 Å². The highest BCUT2D eigenvalue weighted by molar-refractivity contribution is 6.66. The Morgan fingerprint density at radius 2 is 1.25 bits per heavy atom. The van der Waals surface area contributed by atoms with E-state index in [0.717, 1.165) is 0 Å². The smallest absolute Gasteiger partial charge is 0.371 e. The first-order chi connectivity index (χ1) is 7.66. The lowest BCUT2D eigenvalue weighted by atomic mass is 10.8. The van der Waals surface area contributed by atoms with Crippen LogP contribution in [0.25, 0.3) is 0 Å². The monoisotopic (exact) mass is 249 g/mol. The van der Waals surface area contributed by atoms with Gasteiger partial charge in [0, 0.05) is 19.8 Å². The van der Waals surface area contributed by atoms with E-state index in [2.05, 4.69) is 5.32 Å². The molecule has 0 rings (SSSR count). The van der Waals surface area contributed by atoms with E-state index in [4.69, 9.17) is 13.3 Å². The largest absolute Gasteiger partial charge is 0.529 e.